The van der Waals surface area contributed by atoms with Crippen molar-refractivity contribution in [3.63, 3.8) is 0 Å². The highest BCUT2D eigenvalue weighted by molar-refractivity contribution is 7.99. The fourth-order valence-electron chi connectivity index (χ4n) is 4.32. The molecular weight excluding hydrogens is 458 g/mol. The van der Waals surface area contributed by atoms with E-state index in [1.54, 1.807) is 21.6 Å². The Morgan fingerprint density at radius 2 is 1.88 bits per heavy atom. The van der Waals surface area contributed by atoms with Crippen molar-refractivity contribution in [2.24, 2.45) is 0 Å². The number of sulfone groups is 1. The van der Waals surface area contributed by atoms with Crippen molar-refractivity contribution < 1.29 is 13.2 Å². The largest absolute Gasteiger partial charge is 0.338 e. The number of hydrogen-bond donors (Lipinski definition) is 0. The summed E-state index contributed by atoms with van der Waals surface area (Å²) < 4.78 is 25.4. The fourth-order valence-corrected chi connectivity index (χ4v) is 7.01. The number of benzene rings is 2. The number of amides is 1. The highest BCUT2D eigenvalue weighted by Gasteiger charge is 2.34. The molecule has 7 nitrogen and oxygen atoms in total. The third-order valence-corrected chi connectivity index (χ3v) is 8.77. The van der Waals surface area contributed by atoms with Crippen molar-refractivity contribution in [3.05, 3.63) is 70.5 Å². The van der Waals surface area contributed by atoms with Crippen LogP contribution in [0.15, 0.2) is 64.5 Å². The molecule has 1 fully saturated rings. The summed E-state index contributed by atoms with van der Waals surface area (Å²) in [4.78, 5) is 32.8. The van der Waals surface area contributed by atoms with Gasteiger partial charge >= 0.3 is 0 Å². The van der Waals surface area contributed by atoms with E-state index in [1.165, 1.54) is 11.8 Å². The molecule has 0 radical (unpaired) electrons. The van der Waals surface area contributed by atoms with Gasteiger partial charge in [-0.15, -0.1) is 0 Å². The molecule has 2 atom stereocenters. The summed E-state index contributed by atoms with van der Waals surface area (Å²) >= 11 is 1.22. The van der Waals surface area contributed by atoms with Crippen LogP contribution >= 0.6 is 11.8 Å². The Morgan fingerprint density at radius 1 is 1.18 bits per heavy atom. The third-order valence-electron chi connectivity index (χ3n) is 6.08. The Balaban J connectivity index is 1.65. The molecule has 0 unspecified atom stereocenters. The number of hydrogen-bond acceptors (Lipinski definition) is 6. The maximum absolute atomic E-state index is 13.4. The van der Waals surface area contributed by atoms with Crippen LogP contribution < -0.4 is 5.56 Å². The van der Waals surface area contributed by atoms with Crippen molar-refractivity contribution in [1.82, 2.24) is 14.5 Å². The van der Waals surface area contributed by atoms with Gasteiger partial charge in [-0.25, -0.2) is 13.4 Å². The number of rotatable bonds is 7. The summed E-state index contributed by atoms with van der Waals surface area (Å²) in [6.07, 6.45) is 0.469. The molecule has 1 amide bonds. The maximum atomic E-state index is 13.4. The first-order chi connectivity index (χ1) is 15.8. The van der Waals surface area contributed by atoms with Gasteiger partial charge in [-0.05, 0) is 38.0 Å². The summed E-state index contributed by atoms with van der Waals surface area (Å²) in [6.45, 7) is 4.24. The van der Waals surface area contributed by atoms with Crippen molar-refractivity contribution in [1.29, 1.82) is 0 Å². The zero-order valence-electron chi connectivity index (χ0n) is 18.7. The quantitative estimate of drug-likeness (QED) is 0.377. The zero-order valence-corrected chi connectivity index (χ0v) is 20.3. The Kier molecular flexibility index (Phi) is 6.90. The van der Waals surface area contributed by atoms with Crippen molar-refractivity contribution in [2.45, 2.75) is 37.5 Å². The number of fused-ring (bicyclic) bond motifs is 1. The lowest BCUT2D eigenvalue weighted by molar-refractivity contribution is -0.129. The van der Waals surface area contributed by atoms with Gasteiger partial charge in [-0.1, -0.05) is 54.2 Å². The Bertz CT molecular complexity index is 1320. The van der Waals surface area contributed by atoms with E-state index < -0.39 is 9.84 Å². The van der Waals surface area contributed by atoms with Gasteiger partial charge in [0.1, 0.15) is 0 Å². The molecule has 0 spiro atoms. The van der Waals surface area contributed by atoms with Crippen LogP contribution in [0, 0.1) is 0 Å². The summed E-state index contributed by atoms with van der Waals surface area (Å²) in [5, 5.41) is 1.00. The standard InChI is InChI=1S/C24H27N3O4S2/c1-3-26(19-13-14-33(30,31)16-19)22(28)15-32-24-25-21-12-8-7-11-20(21)23(29)27(24)17(2)18-9-5-4-6-10-18/h4-12,17,19H,3,13-16H2,1-2H3/t17-,19-/m0/s1. The number of carbonyl (C=O) groups excluding carboxylic acids is 1. The average molecular weight is 486 g/mol. The third kappa shape index (κ3) is 4.99. The lowest BCUT2D eigenvalue weighted by Crippen LogP contribution is -2.42. The minimum absolute atomic E-state index is 0.0151. The van der Waals surface area contributed by atoms with Crippen molar-refractivity contribution in [3.8, 4) is 0 Å². The SMILES string of the molecule is CCN(C(=O)CSc1nc2ccccc2c(=O)n1[C@@H](C)c1ccccc1)[C@H]1CCS(=O)(=O)C1. The summed E-state index contributed by atoms with van der Waals surface area (Å²) in [7, 11) is -3.09. The lowest BCUT2D eigenvalue weighted by Gasteiger charge is -2.27. The first-order valence-corrected chi connectivity index (χ1v) is 13.8. The number of nitrogens with zero attached hydrogens (tertiary/aromatic N) is 3. The second kappa shape index (κ2) is 9.69. The molecule has 1 saturated heterocycles. The van der Waals surface area contributed by atoms with E-state index in [1.807, 2.05) is 56.3 Å². The van der Waals surface area contributed by atoms with Gasteiger partial charge in [-0.3, -0.25) is 14.2 Å². The molecule has 2 aromatic carbocycles. The average Bonchev–Trinajstić information content (AvgIpc) is 3.17. The molecule has 3 aromatic rings. The molecule has 9 heteroatoms. The van der Waals surface area contributed by atoms with Gasteiger partial charge in [0.25, 0.3) is 5.56 Å². The minimum Gasteiger partial charge on any atom is -0.338 e. The zero-order chi connectivity index (χ0) is 23.6. The van der Waals surface area contributed by atoms with Crippen LogP contribution in [0.5, 0.6) is 0 Å². The first-order valence-electron chi connectivity index (χ1n) is 11.0. The predicted octanol–water partition coefficient (Wildman–Crippen LogP) is 3.13. The maximum Gasteiger partial charge on any atom is 0.262 e. The normalized spacial score (nSPS) is 18.3. The van der Waals surface area contributed by atoms with E-state index in [2.05, 4.69) is 0 Å². The van der Waals surface area contributed by atoms with Crippen LogP contribution in [0.2, 0.25) is 0 Å². The van der Waals surface area contributed by atoms with Gasteiger partial charge in [0.15, 0.2) is 15.0 Å². The molecule has 33 heavy (non-hydrogen) atoms. The monoisotopic (exact) mass is 485 g/mol. The van der Waals surface area contributed by atoms with Crippen LogP contribution in [0.25, 0.3) is 10.9 Å². The smallest absolute Gasteiger partial charge is 0.262 e. The molecule has 0 bridgehead atoms. The van der Waals surface area contributed by atoms with Gasteiger partial charge in [0.05, 0.1) is 34.2 Å². The highest BCUT2D eigenvalue weighted by Crippen LogP contribution is 2.26. The molecule has 174 valence electrons. The molecule has 2 heterocycles. The van der Waals surface area contributed by atoms with Crippen LogP contribution in [-0.4, -0.2) is 58.6 Å². The number of thioether (sulfide) groups is 1. The van der Waals surface area contributed by atoms with E-state index >= 15 is 0 Å². The van der Waals surface area contributed by atoms with E-state index in [-0.39, 0.29) is 40.8 Å². The second-order valence-electron chi connectivity index (χ2n) is 8.20. The summed E-state index contributed by atoms with van der Waals surface area (Å²) in [6, 6.07) is 16.4. The van der Waals surface area contributed by atoms with Gasteiger partial charge < -0.3 is 4.90 Å². The van der Waals surface area contributed by atoms with E-state index in [4.69, 9.17) is 4.98 Å². The molecular formula is C24H27N3O4S2. The summed E-state index contributed by atoms with van der Waals surface area (Å²) in [5.74, 6) is 0.0678. The Morgan fingerprint density at radius 3 is 2.55 bits per heavy atom. The van der Waals surface area contributed by atoms with Crippen LogP contribution in [0.1, 0.15) is 31.9 Å². The molecule has 0 N–H and O–H groups in total. The Labute approximate surface area is 197 Å². The number of aromatic nitrogens is 2. The van der Waals surface area contributed by atoms with E-state index in [0.717, 1.165) is 5.56 Å². The number of para-hydroxylation sites is 1. The minimum atomic E-state index is -3.09. The van der Waals surface area contributed by atoms with E-state index in [0.29, 0.717) is 29.0 Å². The fraction of sp³-hybridized carbons (Fsp3) is 0.375. The highest BCUT2D eigenvalue weighted by atomic mass is 32.2. The first kappa shape index (κ1) is 23.5. The molecule has 1 aliphatic rings. The van der Waals surface area contributed by atoms with Gasteiger partial charge in [-0.2, -0.15) is 0 Å². The summed E-state index contributed by atoms with van der Waals surface area (Å²) in [5.41, 5.74) is 1.40. The second-order valence-corrected chi connectivity index (χ2v) is 11.4. The molecule has 1 aliphatic heterocycles. The predicted molar refractivity (Wildman–Crippen MR) is 131 cm³/mol. The van der Waals surface area contributed by atoms with Crippen LogP contribution in [-0.2, 0) is 14.6 Å². The lowest BCUT2D eigenvalue weighted by atomic mass is 10.1. The molecule has 1 aromatic heterocycles. The van der Waals surface area contributed by atoms with Crippen molar-refractivity contribution in [2.75, 3.05) is 23.8 Å². The van der Waals surface area contributed by atoms with Crippen LogP contribution in [0.3, 0.4) is 0 Å². The topological polar surface area (TPSA) is 89.3 Å². The number of carbonyl (C=O) groups is 1. The van der Waals surface area contributed by atoms with Gasteiger partial charge in [0, 0.05) is 12.6 Å². The van der Waals surface area contributed by atoms with Crippen molar-refractivity contribution >= 4 is 38.4 Å². The molecule has 4 rings (SSSR count). The van der Waals surface area contributed by atoms with Gasteiger partial charge in [0.2, 0.25) is 5.91 Å². The van der Waals surface area contributed by atoms with Crippen LogP contribution in [0.4, 0.5) is 0 Å². The van der Waals surface area contributed by atoms with E-state index in [9.17, 15) is 18.0 Å². The molecule has 0 saturated carbocycles. The Hall–Kier alpha value is -2.65. The molecule has 0 aliphatic carbocycles.